The fourth-order valence-electron chi connectivity index (χ4n) is 3.81. The number of imidazole rings is 1. The number of hydrogen-bond acceptors (Lipinski definition) is 12. The van der Waals surface area contributed by atoms with E-state index in [9.17, 15) is 18.3 Å². The van der Waals surface area contributed by atoms with Crippen molar-refractivity contribution in [2.45, 2.75) is 37.0 Å². The van der Waals surface area contributed by atoms with E-state index in [4.69, 9.17) is 31.5 Å². The number of aliphatic hydroxyl groups excluding tert-OH is 1. The van der Waals surface area contributed by atoms with Crippen LogP contribution in [0, 0.1) is 12.3 Å². The number of carbonyl (C=O) groups excluding carboxylic acids is 1. The van der Waals surface area contributed by atoms with Gasteiger partial charge < -0.3 is 26.0 Å². The van der Waals surface area contributed by atoms with Gasteiger partial charge in [-0.1, -0.05) is 36.3 Å². The van der Waals surface area contributed by atoms with Crippen molar-refractivity contribution in [1.82, 2.24) is 24.2 Å². The number of terminal acetylenes is 1. The zero-order valence-electron chi connectivity index (χ0n) is 19.4. The van der Waals surface area contributed by atoms with E-state index in [1.54, 1.807) is 35.1 Å². The first-order chi connectivity index (χ1) is 17.7. The van der Waals surface area contributed by atoms with Crippen LogP contribution in [0.25, 0.3) is 11.2 Å². The zero-order valence-corrected chi connectivity index (χ0v) is 20.2. The number of benzene rings is 1. The van der Waals surface area contributed by atoms with Gasteiger partial charge in [0.25, 0.3) is 5.91 Å². The van der Waals surface area contributed by atoms with E-state index in [0.29, 0.717) is 11.2 Å². The topological polar surface area (TPSA) is 207 Å². The van der Waals surface area contributed by atoms with Gasteiger partial charge in [0.2, 0.25) is 0 Å². The number of ether oxygens (including phenoxy) is 2. The summed E-state index contributed by atoms with van der Waals surface area (Å²) in [6, 6.07) is 7.73. The standard InChI is InChI=1S/C22H25N7O7S/c1-2-8-34-18-17(30)15(36-22(18)29-12-27-16-19(24)25-11-26-20(16)29)10-35-37(32,33)28-21(31)14(23)9-13-6-4-3-5-7-13/h1,3-7,11-12,14-15,17-18,22,30H,8-10,23H2,(H,28,31)(H2,24,25,26)/t14-,15+,17+,18+,22+/m0/s1. The molecule has 0 radical (unpaired) electrons. The largest absolute Gasteiger partial charge is 0.387 e. The molecule has 3 heterocycles. The lowest BCUT2D eigenvalue weighted by atomic mass is 10.1. The van der Waals surface area contributed by atoms with Crippen molar-refractivity contribution < 1.29 is 32.0 Å². The number of aromatic nitrogens is 4. The molecule has 1 amide bonds. The third-order valence-corrected chi connectivity index (χ3v) is 6.48. The minimum atomic E-state index is -4.58. The van der Waals surface area contributed by atoms with Crippen molar-refractivity contribution in [2.24, 2.45) is 5.73 Å². The molecule has 0 spiro atoms. The third-order valence-electron chi connectivity index (χ3n) is 5.58. The molecule has 0 unspecified atom stereocenters. The van der Waals surface area contributed by atoms with Crippen LogP contribution in [0.5, 0.6) is 0 Å². The van der Waals surface area contributed by atoms with E-state index in [1.807, 2.05) is 0 Å². The van der Waals surface area contributed by atoms with E-state index < -0.39 is 53.4 Å². The first-order valence-corrected chi connectivity index (χ1v) is 12.4. The highest BCUT2D eigenvalue weighted by Crippen LogP contribution is 2.34. The number of nitrogens with zero attached hydrogens (tertiary/aromatic N) is 4. The van der Waals surface area contributed by atoms with Crippen LogP contribution in [-0.4, -0.2) is 76.5 Å². The molecule has 1 aliphatic heterocycles. The molecule has 1 aliphatic rings. The molecule has 0 aliphatic carbocycles. The molecule has 196 valence electrons. The number of nitrogen functional groups attached to an aromatic ring is 1. The number of hydrogen-bond donors (Lipinski definition) is 4. The van der Waals surface area contributed by atoms with Crippen molar-refractivity contribution in [2.75, 3.05) is 18.9 Å². The lowest BCUT2D eigenvalue weighted by Crippen LogP contribution is -2.46. The summed E-state index contributed by atoms with van der Waals surface area (Å²) in [5.74, 6) is 1.48. The summed E-state index contributed by atoms with van der Waals surface area (Å²) in [4.78, 5) is 24.5. The normalized spacial score (nSPS) is 22.5. The lowest BCUT2D eigenvalue weighted by molar-refractivity contribution is -0.120. The van der Waals surface area contributed by atoms with Crippen LogP contribution in [0.3, 0.4) is 0 Å². The van der Waals surface area contributed by atoms with Crippen molar-refractivity contribution >= 4 is 33.2 Å². The van der Waals surface area contributed by atoms with Crippen molar-refractivity contribution in [3.63, 3.8) is 0 Å². The van der Waals surface area contributed by atoms with Gasteiger partial charge in [0.1, 0.15) is 36.8 Å². The summed E-state index contributed by atoms with van der Waals surface area (Å²) >= 11 is 0. The highest BCUT2D eigenvalue weighted by Gasteiger charge is 2.47. The van der Waals surface area contributed by atoms with Gasteiger partial charge in [-0.15, -0.1) is 6.42 Å². The third kappa shape index (κ3) is 6.02. The minimum Gasteiger partial charge on any atom is -0.387 e. The number of nitrogens with two attached hydrogens (primary N) is 2. The molecule has 15 heteroatoms. The molecule has 37 heavy (non-hydrogen) atoms. The molecule has 1 saturated heterocycles. The van der Waals surface area contributed by atoms with Crippen LogP contribution in [-0.2, 0) is 35.2 Å². The average molecular weight is 532 g/mol. The van der Waals surface area contributed by atoms with Crippen LogP contribution in [0.4, 0.5) is 5.82 Å². The van der Waals surface area contributed by atoms with E-state index >= 15 is 0 Å². The van der Waals surface area contributed by atoms with Crippen molar-refractivity contribution in [1.29, 1.82) is 0 Å². The second-order valence-corrected chi connectivity index (χ2v) is 9.47. The number of anilines is 1. The van der Waals surface area contributed by atoms with Gasteiger partial charge in [0.05, 0.1) is 19.0 Å². The monoisotopic (exact) mass is 531 g/mol. The highest BCUT2D eigenvalue weighted by atomic mass is 32.2. The van der Waals surface area contributed by atoms with Gasteiger partial charge in [0.15, 0.2) is 17.7 Å². The number of carbonyl (C=O) groups is 1. The molecule has 3 aromatic rings. The van der Waals surface area contributed by atoms with Gasteiger partial charge in [-0.3, -0.25) is 13.5 Å². The Bertz CT molecular complexity index is 1390. The van der Waals surface area contributed by atoms with Gasteiger partial charge in [0, 0.05) is 0 Å². The molecule has 5 atom stereocenters. The van der Waals surface area contributed by atoms with Crippen molar-refractivity contribution in [3.05, 3.63) is 48.5 Å². The van der Waals surface area contributed by atoms with E-state index in [1.165, 1.54) is 17.2 Å². The summed E-state index contributed by atoms with van der Waals surface area (Å²) in [6.45, 7) is -0.805. The molecule has 14 nitrogen and oxygen atoms in total. The first-order valence-electron chi connectivity index (χ1n) is 11.0. The summed E-state index contributed by atoms with van der Waals surface area (Å²) < 4.78 is 44.3. The fraction of sp³-hybridized carbons (Fsp3) is 0.364. The van der Waals surface area contributed by atoms with Crippen LogP contribution in [0.1, 0.15) is 11.8 Å². The summed E-state index contributed by atoms with van der Waals surface area (Å²) in [5, 5.41) is 10.8. The second-order valence-electron chi connectivity index (χ2n) is 8.12. The average Bonchev–Trinajstić information content (AvgIpc) is 3.43. The Morgan fingerprint density at radius 3 is 2.78 bits per heavy atom. The number of nitrogens with one attached hydrogen (secondary N) is 1. The summed E-state index contributed by atoms with van der Waals surface area (Å²) in [6.07, 6.45) is 3.43. The number of aliphatic hydroxyl groups is 1. The number of amides is 1. The lowest BCUT2D eigenvalue weighted by Gasteiger charge is -2.21. The maximum Gasteiger partial charge on any atom is 0.362 e. The van der Waals surface area contributed by atoms with Crippen molar-refractivity contribution in [3.8, 4) is 12.3 Å². The van der Waals surface area contributed by atoms with Gasteiger partial charge in [-0.05, 0) is 12.0 Å². The quantitative estimate of drug-likeness (QED) is 0.224. The second kappa shape index (κ2) is 11.2. The molecule has 6 N–H and O–H groups in total. The Morgan fingerprint density at radius 2 is 2.05 bits per heavy atom. The Labute approximate surface area is 212 Å². The van der Waals surface area contributed by atoms with Crippen LogP contribution in [0.2, 0.25) is 0 Å². The molecule has 1 aromatic carbocycles. The van der Waals surface area contributed by atoms with E-state index in [0.717, 1.165) is 5.56 Å². The van der Waals surface area contributed by atoms with Gasteiger partial charge >= 0.3 is 10.3 Å². The summed E-state index contributed by atoms with van der Waals surface area (Å²) in [5.41, 5.74) is 13.0. The molecule has 0 saturated carbocycles. The van der Waals surface area contributed by atoms with Gasteiger partial charge in [-0.25, -0.2) is 19.7 Å². The zero-order chi connectivity index (χ0) is 26.6. The highest BCUT2D eigenvalue weighted by molar-refractivity contribution is 7.85. The minimum absolute atomic E-state index is 0.120. The van der Waals surface area contributed by atoms with Gasteiger partial charge in [-0.2, -0.15) is 8.42 Å². The number of fused-ring (bicyclic) bond motifs is 1. The first kappa shape index (κ1) is 26.4. The van der Waals surface area contributed by atoms with Crippen LogP contribution >= 0.6 is 0 Å². The van der Waals surface area contributed by atoms with E-state index in [2.05, 4.69) is 20.9 Å². The SMILES string of the molecule is C#CCO[C@@H]1[C@H](O)[C@@H](COS(=O)(=O)NC(=O)[C@@H](N)Cc2ccccc2)O[C@H]1n1cnc2c(N)ncnc21. The Morgan fingerprint density at radius 1 is 1.30 bits per heavy atom. The Balaban J connectivity index is 1.43. The molecular weight excluding hydrogens is 506 g/mol. The smallest absolute Gasteiger partial charge is 0.362 e. The summed E-state index contributed by atoms with van der Waals surface area (Å²) in [7, 11) is -4.58. The molecule has 4 rings (SSSR count). The number of rotatable bonds is 10. The Hall–Kier alpha value is -3.65. The maximum atomic E-state index is 12.4. The van der Waals surface area contributed by atoms with Crippen LogP contribution in [0.15, 0.2) is 43.0 Å². The predicted molar refractivity (Wildman–Crippen MR) is 129 cm³/mol. The molecule has 2 aromatic heterocycles. The van der Waals surface area contributed by atoms with Crippen LogP contribution < -0.4 is 16.2 Å². The molecular formula is C22H25N7O7S. The fourth-order valence-corrected chi connectivity index (χ4v) is 4.58. The predicted octanol–water partition coefficient (Wildman–Crippen LogP) is -1.37. The Kier molecular flexibility index (Phi) is 7.97. The molecule has 0 bridgehead atoms. The maximum absolute atomic E-state index is 12.4. The van der Waals surface area contributed by atoms with E-state index in [-0.39, 0.29) is 18.8 Å². The molecule has 1 fully saturated rings.